The molecule has 0 spiro atoms. The molecule has 1 unspecified atom stereocenters. The van der Waals surface area contributed by atoms with E-state index < -0.39 is 5.54 Å². The lowest BCUT2D eigenvalue weighted by Gasteiger charge is -2.19. The first-order valence-electron chi connectivity index (χ1n) is 4.36. The Kier molecular flexibility index (Phi) is 5.69. The Bertz CT molecular complexity index is 153. The number of ether oxygens (including phenoxy) is 1. The quantitative estimate of drug-likeness (QED) is 0.611. The third-order valence-electron chi connectivity index (χ3n) is 1.89. The third-order valence-corrected chi connectivity index (χ3v) is 1.89. The molecule has 0 amide bonds. The van der Waals surface area contributed by atoms with Gasteiger partial charge < -0.3 is 10.1 Å². The van der Waals surface area contributed by atoms with Crippen LogP contribution in [0, 0.1) is 11.3 Å². The van der Waals surface area contributed by atoms with E-state index in [1.54, 1.807) is 7.05 Å². The Morgan fingerprint density at radius 1 is 1.50 bits per heavy atom. The Labute approximate surface area is 74.7 Å². The largest absolute Gasteiger partial charge is 0.381 e. The van der Waals surface area contributed by atoms with Crippen molar-refractivity contribution >= 4 is 0 Å². The molecule has 0 aliphatic rings. The number of nitriles is 1. The van der Waals surface area contributed by atoms with E-state index in [-0.39, 0.29) is 0 Å². The standard InChI is InChI=1S/C9H18N2O/c1-4-6-12-7-5-9(2,8-10)11-3/h11H,4-7H2,1-3H3. The molecule has 3 nitrogen and oxygen atoms in total. The van der Waals surface area contributed by atoms with Gasteiger partial charge in [-0.15, -0.1) is 0 Å². The summed E-state index contributed by atoms with van der Waals surface area (Å²) >= 11 is 0. The second-order valence-corrected chi connectivity index (χ2v) is 3.06. The highest BCUT2D eigenvalue weighted by Gasteiger charge is 2.19. The molecule has 0 saturated carbocycles. The van der Waals surface area contributed by atoms with Gasteiger partial charge in [-0.25, -0.2) is 0 Å². The average molecular weight is 170 g/mol. The number of hydrogen-bond donors (Lipinski definition) is 1. The molecule has 3 heteroatoms. The Balaban J connectivity index is 3.54. The fraction of sp³-hybridized carbons (Fsp3) is 0.889. The van der Waals surface area contributed by atoms with Crippen molar-refractivity contribution < 1.29 is 4.74 Å². The van der Waals surface area contributed by atoms with Crippen molar-refractivity contribution in [2.75, 3.05) is 20.3 Å². The Morgan fingerprint density at radius 3 is 2.58 bits per heavy atom. The molecule has 0 heterocycles. The molecule has 1 N–H and O–H groups in total. The zero-order valence-corrected chi connectivity index (χ0v) is 8.18. The van der Waals surface area contributed by atoms with Crippen LogP contribution in [0.2, 0.25) is 0 Å². The van der Waals surface area contributed by atoms with Gasteiger partial charge in [-0.05, 0) is 20.4 Å². The van der Waals surface area contributed by atoms with Crippen LogP contribution in [-0.4, -0.2) is 25.8 Å². The van der Waals surface area contributed by atoms with Crippen molar-refractivity contribution in [1.29, 1.82) is 5.26 Å². The van der Waals surface area contributed by atoms with Crippen LogP contribution in [0.1, 0.15) is 26.7 Å². The monoisotopic (exact) mass is 170 g/mol. The maximum absolute atomic E-state index is 8.77. The zero-order chi connectivity index (χ0) is 9.45. The summed E-state index contributed by atoms with van der Waals surface area (Å²) in [5.41, 5.74) is -0.437. The maximum Gasteiger partial charge on any atom is 0.105 e. The van der Waals surface area contributed by atoms with Crippen molar-refractivity contribution in [3.63, 3.8) is 0 Å². The highest BCUT2D eigenvalue weighted by atomic mass is 16.5. The lowest BCUT2D eigenvalue weighted by atomic mass is 10.0. The van der Waals surface area contributed by atoms with Crippen LogP contribution in [0.25, 0.3) is 0 Å². The molecule has 70 valence electrons. The smallest absolute Gasteiger partial charge is 0.105 e. The van der Waals surface area contributed by atoms with Gasteiger partial charge in [0.25, 0.3) is 0 Å². The summed E-state index contributed by atoms with van der Waals surface area (Å²) in [4.78, 5) is 0. The van der Waals surface area contributed by atoms with Crippen LogP contribution >= 0.6 is 0 Å². The summed E-state index contributed by atoms with van der Waals surface area (Å²) in [5.74, 6) is 0. The van der Waals surface area contributed by atoms with Gasteiger partial charge in [-0.3, -0.25) is 0 Å². The fourth-order valence-corrected chi connectivity index (χ4v) is 0.759. The molecule has 0 aromatic heterocycles. The zero-order valence-electron chi connectivity index (χ0n) is 8.18. The number of nitrogens with one attached hydrogen (secondary N) is 1. The molecule has 0 fully saturated rings. The lowest BCUT2D eigenvalue weighted by molar-refractivity contribution is 0.120. The molecule has 0 aliphatic carbocycles. The summed E-state index contributed by atoms with van der Waals surface area (Å²) in [6.45, 7) is 5.38. The van der Waals surface area contributed by atoms with Gasteiger partial charge in [0.1, 0.15) is 5.54 Å². The van der Waals surface area contributed by atoms with Crippen LogP contribution < -0.4 is 5.32 Å². The molecule has 0 saturated heterocycles. The predicted octanol–water partition coefficient (Wildman–Crippen LogP) is 1.30. The van der Waals surface area contributed by atoms with E-state index in [1.165, 1.54) is 0 Å². The Morgan fingerprint density at radius 2 is 2.17 bits per heavy atom. The van der Waals surface area contributed by atoms with Crippen LogP contribution in [0.5, 0.6) is 0 Å². The summed E-state index contributed by atoms with van der Waals surface area (Å²) in [6.07, 6.45) is 1.77. The van der Waals surface area contributed by atoms with Gasteiger partial charge >= 0.3 is 0 Å². The van der Waals surface area contributed by atoms with E-state index in [4.69, 9.17) is 10.00 Å². The summed E-state index contributed by atoms with van der Waals surface area (Å²) in [5, 5.41) is 11.7. The van der Waals surface area contributed by atoms with Gasteiger partial charge in [0, 0.05) is 19.6 Å². The summed E-state index contributed by atoms with van der Waals surface area (Å²) in [6, 6.07) is 2.21. The maximum atomic E-state index is 8.77. The fourth-order valence-electron chi connectivity index (χ4n) is 0.759. The first kappa shape index (κ1) is 11.4. The van der Waals surface area contributed by atoms with E-state index in [2.05, 4.69) is 18.3 Å². The van der Waals surface area contributed by atoms with E-state index in [1.807, 2.05) is 6.92 Å². The highest BCUT2D eigenvalue weighted by Crippen LogP contribution is 2.06. The molecule has 0 aromatic carbocycles. The van der Waals surface area contributed by atoms with Crippen molar-refractivity contribution in [3.8, 4) is 6.07 Å². The molecule has 1 atom stereocenters. The van der Waals surface area contributed by atoms with Gasteiger partial charge in [-0.2, -0.15) is 5.26 Å². The number of rotatable bonds is 6. The second-order valence-electron chi connectivity index (χ2n) is 3.06. The number of nitrogens with zero attached hydrogens (tertiary/aromatic N) is 1. The van der Waals surface area contributed by atoms with Crippen molar-refractivity contribution in [3.05, 3.63) is 0 Å². The van der Waals surface area contributed by atoms with Crippen LogP contribution in [0.15, 0.2) is 0 Å². The van der Waals surface area contributed by atoms with Crippen molar-refractivity contribution in [1.82, 2.24) is 5.32 Å². The van der Waals surface area contributed by atoms with E-state index in [0.29, 0.717) is 6.61 Å². The average Bonchev–Trinajstić information content (AvgIpc) is 2.12. The third kappa shape index (κ3) is 4.32. The molecular formula is C9H18N2O. The van der Waals surface area contributed by atoms with Crippen molar-refractivity contribution in [2.45, 2.75) is 32.2 Å². The molecule has 0 radical (unpaired) electrons. The molecule has 0 aliphatic heterocycles. The van der Waals surface area contributed by atoms with Gasteiger partial charge in [0.05, 0.1) is 6.07 Å². The molecule has 0 rings (SSSR count). The highest BCUT2D eigenvalue weighted by molar-refractivity contribution is 5.02. The summed E-state index contributed by atoms with van der Waals surface area (Å²) < 4.78 is 5.29. The molecule has 0 aromatic rings. The summed E-state index contributed by atoms with van der Waals surface area (Å²) in [7, 11) is 1.79. The van der Waals surface area contributed by atoms with Gasteiger partial charge in [0.2, 0.25) is 0 Å². The van der Waals surface area contributed by atoms with Gasteiger partial charge in [0.15, 0.2) is 0 Å². The lowest BCUT2D eigenvalue weighted by Crippen LogP contribution is -2.39. The normalized spacial score (nSPS) is 15.2. The van der Waals surface area contributed by atoms with Crippen LogP contribution in [-0.2, 0) is 4.74 Å². The number of hydrogen-bond acceptors (Lipinski definition) is 3. The minimum Gasteiger partial charge on any atom is -0.381 e. The van der Waals surface area contributed by atoms with E-state index >= 15 is 0 Å². The van der Waals surface area contributed by atoms with Crippen LogP contribution in [0.4, 0.5) is 0 Å². The molecular weight excluding hydrogens is 152 g/mol. The van der Waals surface area contributed by atoms with E-state index in [9.17, 15) is 0 Å². The van der Waals surface area contributed by atoms with Gasteiger partial charge in [-0.1, -0.05) is 6.92 Å². The predicted molar refractivity (Wildman–Crippen MR) is 48.8 cm³/mol. The van der Waals surface area contributed by atoms with Crippen molar-refractivity contribution in [2.24, 2.45) is 0 Å². The first-order chi connectivity index (χ1) is 5.68. The SMILES string of the molecule is CCCOCCC(C)(C#N)NC. The topological polar surface area (TPSA) is 45.0 Å². The molecule has 12 heavy (non-hydrogen) atoms. The minimum atomic E-state index is -0.437. The second kappa shape index (κ2) is 5.99. The minimum absolute atomic E-state index is 0.437. The Hall–Kier alpha value is -0.590. The van der Waals surface area contributed by atoms with Crippen LogP contribution in [0.3, 0.4) is 0 Å². The first-order valence-corrected chi connectivity index (χ1v) is 4.36. The molecule has 0 bridgehead atoms. The van der Waals surface area contributed by atoms with E-state index in [0.717, 1.165) is 19.4 Å².